The maximum Gasteiger partial charge on any atom is 0.358 e. The molecule has 0 saturated carbocycles. The normalized spacial score (nSPS) is 10.5. The van der Waals surface area contributed by atoms with E-state index >= 15 is 0 Å². The summed E-state index contributed by atoms with van der Waals surface area (Å²) in [7, 11) is 0. The fourth-order valence-electron chi connectivity index (χ4n) is 1.25. The molecular weight excluding hydrogens is 284 g/mol. The van der Waals surface area contributed by atoms with Crippen LogP contribution in [0.1, 0.15) is 30.3 Å². The summed E-state index contributed by atoms with van der Waals surface area (Å²) in [4.78, 5) is 19.1. The number of carbonyl (C=O) groups is 1. The van der Waals surface area contributed by atoms with Crippen molar-refractivity contribution in [2.75, 3.05) is 33.0 Å². The van der Waals surface area contributed by atoms with Crippen molar-refractivity contribution in [2.45, 2.75) is 19.8 Å². The van der Waals surface area contributed by atoms with E-state index in [-0.39, 0.29) is 17.5 Å². The van der Waals surface area contributed by atoms with Gasteiger partial charge >= 0.3 is 5.97 Å². The monoisotopic (exact) mass is 302 g/mol. The molecule has 0 aliphatic heterocycles. The minimum Gasteiger partial charge on any atom is -0.458 e. The van der Waals surface area contributed by atoms with Crippen molar-refractivity contribution in [3.05, 3.63) is 23.2 Å². The molecule has 1 aromatic heterocycles. The number of nitrogens with zero attached hydrogens (tertiary/aromatic N) is 2. The topological polar surface area (TPSA) is 70.5 Å². The van der Waals surface area contributed by atoms with E-state index in [1.165, 1.54) is 12.4 Å². The van der Waals surface area contributed by atoms with Crippen molar-refractivity contribution in [1.82, 2.24) is 9.97 Å². The molecule has 0 spiro atoms. The van der Waals surface area contributed by atoms with Gasteiger partial charge in [-0.2, -0.15) is 0 Å². The zero-order chi connectivity index (χ0) is 14.6. The summed E-state index contributed by atoms with van der Waals surface area (Å²) in [6, 6.07) is 0. The minimum atomic E-state index is -0.544. The van der Waals surface area contributed by atoms with Gasteiger partial charge in [0.15, 0.2) is 5.69 Å². The summed E-state index contributed by atoms with van der Waals surface area (Å²) in [5.41, 5.74) is 0.122. The fraction of sp³-hybridized carbons (Fsp3) is 0.615. The maximum absolute atomic E-state index is 11.5. The second-order valence-corrected chi connectivity index (χ2v) is 4.33. The third kappa shape index (κ3) is 7.37. The van der Waals surface area contributed by atoms with Gasteiger partial charge in [0.05, 0.1) is 32.2 Å². The summed E-state index contributed by atoms with van der Waals surface area (Å²) in [6.07, 6.45) is 4.74. The molecule has 0 N–H and O–H groups in total. The molecule has 0 aromatic carbocycles. The lowest BCUT2D eigenvalue weighted by atomic mass is 10.4. The van der Waals surface area contributed by atoms with Crippen molar-refractivity contribution in [1.29, 1.82) is 0 Å². The van der Waals surface area contributed by atoms with E-state index in [9.17, 15) is 4.79 Å². The van der Waals surface area contributed by atoms with Gasteiger partial charge in [0.1, 0.15) is 11.8 Å². The highest BCUT2D eigenvalue weighted by atomic mass is 35.5. The van der Waals surface area contributed by atoms with Crippen LogP contribution in [0.4, 0.5) is 0 Å². The van der Waals surface area contributed by atoms with Gasteiger partial charge in [0, 0.05) is 6.61 Å². The average molecular weight is 303 g/mol. The molecular formula is C13H19ClN2O4. The predicted octanol–water partition coefficient (Wildman–Crippen LogP) is 2.12. The quantitative estimate of drug-likeness (QED) is 0.487. The number of carbonyl (C=O) groups excluding carboxylic acids is 1. The Morgan fingerprint density at radius 2 is 1.80 bits per heavy atom. The standard InChI is InChI=1S/C13H19ClN2O4/c1-2-3-4-18-5-6-19-7-8-20-13(17)11-9-16-12(14)10-15-11/h9-10H,2-8H2,1H3. The largest absolute Gasteiger partial charge is 0.458 e. The number of esters is 1. The summed E-state index contributed by atoms with van der Waals surface area (Å²) in [6.45, 7) is 4.39. The van der Waals surface area contributed by atoms with Crippen LogP contribution < -0.4 is 0 Å². The molecule has 0 saturated heterocycles. The summed E-state index contributed by atoms with van der Waals surface area (Å²) < 4.78 is 15.5. The van der Waals surface area contributed by atoms with E-state index < -0.39 is 5.97 Å². The minimum absolute atomic E-state index is 0.122. The lowest BCUT2D eigenvalue weighted by molar-refractivity contribution is 0.0139. The molecule has 0 aliphatic carbocycles. The van der Waals surface area contributed by atoms with Crippen molar-refractivity contribution >= 4 is 17.6 Å². The highest BCUT2D eigenvalue weighted by Crippen LogP contribution is 2.02. The fourth-order valence-corrected chi connectivity index (χ4v) is 1.35. The summed E-state index contributed by atoms with van der Waals surface area (Å²) in [5.74, 6) is -0.544. The van der Waals surface area contributed by atoms with E-state index in [4.69, 9.17) is 25.8 Å². The van der Waals surface area contributed by atoms with E-state index in [2.05, 4.69) is 16.9 Å². The van der Waals surface area contributed by atoms with Gasteiger partial charge < -0.3 is 14.2 Å². The molecule has 1 heterocycles. The number of unbranched alkanes of at least 4 members (excludes halogenated alkanes) is 1. The van der Waals surface area contributed by atoms with Gasteiger partial charge in [-0.05, 0) is 6.42 Å². The molecule has 1 aromatic rings. The zero-order valence-electron chi connectivity index (χ0n) is 11.5. The Balaban J connectivity index is 2.01. The highest BCUT2D eigenvalue weighted by molar-refractivity contribution is 6.29. The van der Waals surface area contributed by atoms with Crippen molar-refractivity contribution in [3.63, 3.8) is 0 Å². The molecule has 0 fully saturated rings. The Hall–Kier alpha value is -1.24. The predicted molar refractivity (Wildman–Crippen MR) is 73.9 cm³/mol. The van der Waals surface area contributed by atoms with Crippen LogP contribution in [-0.4, -0.2) is 49.0 Å². The number of rotatable bonds is 10. The number of aromatic nitrogens is 2. The van der Waals surface area contributed by atoms with Crippen molar-refractivity contribution in [2.24, 2.45) is 0 Å². The number of ether oxygens (including phenoxy) is 3. The van der Waals surface area contributed by atoms with Crippen molar-refractivity contribution < 1.29 is 19.0 Å². The third-order valence-corrected chi connectivity index (χ3v) is 2.50. The van der Waals surface area contributed by atoms with E-state index in [1.54, 1.807) is 0 Å². The van der Waals surface area contributed by atoms with E-state index in [1.807, 2.05) is 0 Å². The van der Waals surface area contributed by atoms with Gasteiger partial charge in [-0.15, -0.1) is 0 Å². The second-order valence-electron chi connectivity index (χ2n) is 3.94. The molecule has 0 amide bonds. The summed E-state index contributed by atoms with van der Waals surface area (Å²) in [5, 5.41) is 0.230. The van der Waals surface area contributed by atoms with Crippen LogP contribution in [0.2, 0.25) is 5.15 Å². The number of hydrogen-bond donors (Lipinski definition) is 0. The SMILES string of the molecule is CCCCOCCOCCOC(=O)c1cnc(Cl)cn1. The first-order chi connectivity index (χ1) is 9.74. The number of hydrogen-bond acceptors (Lipinski definition) is 6. The zero-order valence-corrected chi connectivity index (χ0v) is 12.3. The smallest absolute Gasteiger partial charge is 0.358 e. The van der Waals surface area contributed by atoms with Crippen LogP contribution in [-0.2, 0) is 14.2 Å². The second kappa shape index (κ2) is 10.5. The van der Waals surface area contributed by atoms with Gasteiger partial charge in [0.25, 0.3) is 0 Å². The lowest BCUT2D eigenvalue weighted by Crippen LogP contribution is -2.14. The maximum atomic E-state index is 11.5. The molecule has 0 radical (unpaired) electrons. The van der Waals surface area contributed by atoms with Gasteiger partial charge in [0.2, 0.25) is 0 Å². The molecule has 6 nitrogen and oxygen atoms in total. The Morgan fingerprint density at radius 1 is 1.10 bits per heavy atom. The first kappa shape index (κ1) is 16.8. The van der Waals surface area contributed by atoms with Crippen LogP contribution in [0.5, 0.6) is 0 Å². The Labute approximate surface area is 123 Å². The molecule has 0 atom stereocenters. The van der Waals surface area contributed by atoms with Gasteiger partial charge in [-0.25, -0.2) is 14.8 Å². The molecule has 7 heteroatoms. The molecule has 0 aliphatic rings. The van der Waals surface area contributed by atoms with Crippen molar-refractivity contribution in [3.8, 4) is 0 Å². The van der Waals surface area contributed by atoms with Gasteiger partial charge in [-0.3, -0.25) is 0 Å². The highest BCUT2D eigenvalue weighted by Gasteiger charge is 2.08. The van der Waals surface area contributed by atoms with E-state index in [0.29, 0.717) is 19.8 Å². The Kier molecular flexibility index (Phi) is 8.86. The summed E-state index contributed by atoms with van der Waals surface area (Å²) >= 11 is 5.57. The van der Waals surface area contributed by atoms with Crippen LogP contribution in [0.3, 0.4) is 0 Å². The Morgan fingerprint density at radius 3 is 2.45 bits per heavy atom. The first-order valence-electron chi connectivity index (χ1n) is 6.54. The Bertz CT molecular complexity index is 386. The average Bonchev–Trinajstić information content (AvgIpc) is 2.46. The first-order valence-corrected chi connectivity index (χ1v) is 6.92. The molecule has 1 rings (SSSR count). The van der Waals surface area contributed by atoms with Crippen LogP contribution in [0.25, 0.3) is 0 Å². The van der Waals surface area contributed by atoms with Gasteiger partial charge in [-0.1, -0.05) is 24.9 Å². The lowest BCUT2D eigenvalue weighted by Gasteiger charge is -2.06. The van der Waals surface area contributed by atoms with E-state index in [0.717, 1.165) is 19.4 Å². The third-order valence-electron chi connectivity index (χ3n) is 2.30. The molecule has 0 unspecified atom stereocenters. The van der Waals surface area contributed by atoms with Crippen LogP contribution in [0, 0.1) is 0 Å². The van der Waals surface area contributed by atoms with Crippen LogP contribution in [0.15, 0.2) is 12.4 Å². The molecule has 112 valence electrons. The molecule has 20 heavy (non-hydrogen) atoms. The number of halogens is 1. The molecule has 0 bridgehead atoms. The van der Waals surface area contributed by atoms with Crippen LogP contribution >= 0.6 is 11.6 Å².